The second-order valence-corrected chi connectivity index (χ2v) is 5.52. The predicted octanol–water partition coefficient (Wildman–Crippen LogP) is 4.13. The van der Waals surface area contributed by atoms with Gasteiger partial charge in [-0.3, -0.25) is 14.5 Å². The molecule has 0 aromatic heterocycles. The second kappa shape index (κ2) is 7.06. The lowest BCUT2D eigenvalue weighted by Crippen LogP contribution is -2.29. The van der Waals surface area contributed by atoms with Gasteiger partial charge >= 0.3 is 0 Å². The first-order chi connectivity index (χ1) is 10.5. The van der Waals surface area contributed by atoms with E-state index in [-0.39, 0.29) is 11.8 Å². The number of rotatable bonds is 5. The van der Waals surface area contributed by atoms with Crippen molar-refractivity contribution in [2.24, 2.45) is 0 Å². The van der Waals surface area contributed by atoms with Crippen molar-refractivity contribution in [3.05, 3.63) is 64.4 Å². The zero-order valence-corrected chi connectivity index (χ0v) is 13.3. The first kappa shape index (κ1) is 16.0. The average Bonchev–Trinajstić information content (AvgIpc) is 2.75. The van der Waals surface area contributed by atoms with Gasteiger partial charge < -0.3 is 0 Å². The smallest absolute Gasteiger partial charge is 0.261 e. The number of fused-ring (bicyclic) bond motifs is 1. The molecular weight excluding hydrogens is 274 g/mol. The van der Waals surface area contributed by atoms with E-state index in [9.17, 15) is 9.59 Å². The number of hydrogen-bond acceptors (Lipinski definition) is 2. The molecule has 1 aromatic rings. The Morgan fingerprint density at radius 3 is 2.18 bits per heavy atom. The fourth-order valence-electron chi connectivity index (χ4n) is 2.45. The molecule has 3 nitrogen and oxygen atoms in total. The molecule has 2 amide bonds. The minimum Gasteiger partial charge on any atom is -0.270 e. The minimum absolute atomic E-state index is 0.208. The summed E-state index contributed by atoms with van der Waals surface area (Å²) >= 11 is 0. The maximum atomic E-state index is 12.2. The topological polar surface area (TPSA) is 37.4 Å². The third-order valence-corrected chi connectivity index (χ3v) is 3.55. The average molecular weight is 295 g/mol. The van der Waals surface area contributed by atoms with E-state index in [1.165, 1.54) is 10.5 Å². The van der Waals surface area contributed by atoms with Crippen molar-refractivity contribution in [3.63, 3.8) is 0 Å². The summed E-state index contributed by atoms with van der Waals surface area (Å²) in [5, 5.41) is 0. The van der Waals surface area contributed by atoms with Crippen molar-refractivity contribution in [3.8, 4) is 0 Å². The van der Waals surface area contributed by atoms with Gasteiger partial charge in [-0.25, -0.2) is 0 Å². The van der Waals surface area contributed by atoms with E-state index in [1.807, 2.05) is 26.0 Å². The highest BCUT2D eigenvalue weighted by atomic mass is 16.2. The minimum atomic E-state index is -0.208. The molecule has 0 spiro atoms. The highest BCUT2D eigenvalue weighted by Crippen LogP contribution is 2.22. The van der Waals surface area contributed by atoms with Gasteiger partial charge in [0, 0.05) is 6.54 Å². The summed E-state index contributed by atoms with van der Waals surface area (Å²) in [6.07, 6.45) is 5.62. The van der Waals surface area contributed by atoms with Gasteiger partial charge in [-0.05, 0) is 50.0 Å². The van der Waals surface area contributed by atoms with Crippen LogP contribution in [0.5, 0.6) is 0 Å². The van der Waals surface area contributed by atoms with Crippen LogP contribution in [-0.2, 0) is 0 Å². The number of hydrogen-bond donors (Lipinski definition) is 0. The van der Waals surface area contributed by atoms with E-state index in [1.54, 1.807) is 24.3 Å². The molecule has 1 heterocycles. The maximum Gasteiger partial charge on any atom is 0.261 e. The van der Waals surface area contributed by atoms with E-state index in [2.05, 4.69) is 12.7 Å². The Balaban J connectivity index is 2.02. The van der Waals surface area contributed by atoms with Gasteiger partial charge in [0.25, 0.3) is 11.8 Å². The Bertz CT molecular complexity index is 652. The van der Waals surface area contributed by atoms with Crippen LogP contribution in [0, 0.1) is 0 Å². The third-order valence-electron chi connectivity index (χ3n) is 3.55. The fraction of sp³-hybridized carbons (Fsp3) is 0.316. The van der Waals surface area contributed by atoms with E-state index in [0.29, 0.717) is 17.7 Å². The maximum absolute atomic E-state index is 12.2. The lowest BCUT2D eigenvalue weighted by Gasteiger charge is -2.10. The molecule has 0 atom stereocenters. The van der Waals surface area contributed by atoms with Crippen LogP contribution in [-0.4, -0.2) is 23.3 Å². The zero-order valence-electron chi connectivity index (χ0n) is 13.3. The van der Waals surface area contributed by atoms with Crippen LogP contribution in [0.15, 0.2) is 53.3 Å². The Labute approximate surface area is 131 Å². The van der Waals surface area contributed by atoms with Crippen LogP contribution in [0.1, 0.15) is 54.3 Å². The SMILES string of the molecule is CCC(=C=C(C)C)C/C=C/CN1C(=O)c2ccccc2C1=O. The quantitative estimate of drug-likeness (QED) is 0.465. The van der Waals surface area contributed by atoms with Crippen LogP contribution < -0.4 is 0 Å². The molecule has 0 fully saturated rings. The summed E-state index contributed by atoms with van der Waals surface area (Å²) in [5.41, 5.74) is 6.70. The van der Waals surface area contributed by atoms with Crippen molar-refractivity contribution < 1.29 is 9.59 Å². The number of imide groups is 1. The number of nitrogens with zero attached hydrogens (tertiary/aromatic N) is 1. The molecule has 1 aliphatic rings. The lowest BCUT2D eigenvalue weighted by atomic mass is 10.1. The number of amides is 2. The van der Waals surface area contributed by atoms with E-state index in [0.717, 1.165) is 18.4 Å². The summed E-state index contributed by atoms with van der Waals surface area (Å²) in [7, 11) is 0. The van der Waals surface area contributed by atoms with Gasteiger partial charge in [0.05, 0.1) is 11.1 Å². The largest absolute Gasteiger partial charge is 0.270 e. The van der Waals surface area contributed by atoms with Crippen molar-refractivity contribution in [2.75, 3.05) is 6.54 Å². The molecule has 22 heavy (non-hydrogen) atoms. The highest BCUT2D eigenvalue weighted by molar-refractivity contribution is 6.21. The van der Waals surface area contributed by atoms with Crippen LogP contribution in [0.3, 0.4) is 0 Å². The first-order valence-corrected chi connectivity index (χ1v) is 7.56. The second-order valence-electron chi connectivity index (χ2n) is 5.52. The molecule has 1 aromatic carbocycles. The van der Waals surface area contributed by atoms with Gasteiger partial charge in [-0.1, -0.05) is 31.2 Å². The molecule has 0 bridgehead atoms. The standard InChI is InChI=1S/C19H21NO2/c1-4-15(13-14(2)3)9-7-8-12-20-18(21)16-10-5-6-11-17(16)19(20)22/h5-8,10-11H,4,9,12H2,1-3H3/b8-7+. The van der Waals surface area contributed by atoms with E-state index < -0.39 is 0 Å². The number of carbonyl (C=O) groups excluding carboxylic acids is 2. The molecule has 0 saturated carbocycles. The molecule has 0 N–H and O–H groups in total. The van der Waals surface area contributed by atoms with Crippen LogP contribution >= 0.6 is 0 Å². The van der Waals surface area contributed by atoms with Crippen LogP contribution in [0.25, 0.3) is 0 Å². The summed E-state index contributed by atoms with van der Waals surface area (Å²) in [6.45, 7) is 6.47. The number of carbonyl (C=O) groups is 2. The fourth-order valence-corrected chi connectivity index (χ4v) is 2.45. The molecule has 0 aliphatic carbocycles. The van der Waals surface area contributed by atoms with Crippen LogP contribution in [0.2, 0.25) is 0 Å². The monoisotopic (exact) mass is 295 g/mol. The summed E-state index contributed by atoms with van der Waals surface area (Å²) < 4.78 is 0. The summed E-state index contributed by atoms with van der Waals surface area (Å²) in [6, 6.07) is 6.96. The van der Waals surface area contributed by atoms with Gasteiger partial charge in [-0.2, -0.15) is 0 Å². The number of allylic oxidation sites excluding steroid dienone is 2. The Morgan fingerprint density at radius 2 is 1.68 bits per heavy atom. The molecule has 0 unspecified atom stereocenters. The van der Waals surface area contributed by atoms with Crippen molar-refractivity contribution in [2.45, 2.75) is 33.6 Å². The Kier molecular flexibility index (Phi) is 5.13. The zero-order chi connectivity index (χ0) is 16.1. The molecule has 3 heteroatoms. The predicted molar refractivity (Wildman–Crippen MR) is 87.7 cm³/mol. The van der Waals surface area contributed by atoms with Gasteiger partial charge in [0.1, 0.15) is 0 Å². The number of benzene rings is 1. The molecular formula is C19H21NO2. The normalized spacial score (nSPS) is 13.5. The molecule has 1 aliphatic heterocycles. The van der Waals surface area contributed by atoms with E-state index >= 15 is 0 Å². The van der Waals surface area contributed by atoms with Crippen molar-refractivity contribution in [1.29, 1.82) is 0 Å². The van der Waals surface area contributed by atoms with Crippen molar-refractivity contribution in [1.82, 2.24) is 4.90 Å². The van der Waals surface area contributed by atoms with Gasteiger partial charge in [0.2, 0.25) is 0 Å². The first-order valence-electron chi connectivity index (χ1n) is 7.56. The van der Waals surface area contributed by atoms with Crippen LogP contribution in [0.4, 0.5) is 0 Å². The summed E-state index contributed by atoms with van der Waals surface area (Å²) in [4.78, 5) is 25.7. The molecule has 2 rings (SSSR count). The van der Waals surface area contributed by atoms with Crippen molar-refractivity contribution >= 4 is 11.8 Å². The molecule has 0 radical (unpaired) electrons. The Hall–Kier alpha value is -2.38. The Morgan fingerprint density at radius 1 is 1.09 bits per heavy atom. The molecule has 114 valence electrons. The summed E-state index contributed by atoms with van der Waals surface area (Å²) in [5.74, 6) is -0.415. The highest BCUT2D eigenvalue weighted by Gasteiger charge is 2.33. The third kappa shape index (κ3) is 3.44. The van der Waals surface area contributed by atoms with E-state index in [4.69, 9.17) is 0 Å². The molecule has 0 saturated heterocycles. The van der Waals surface area contributed by atoms with Gasteiger partial charge in [0.15, 0.2) is 0 Å². The lowest BCUT2D eigenvalue weighted by molar-refractivity contribution is 0.0672. The van der Waals surface area contributed by atoms with Gasteiger partial charge in [-0.15, -0.1) is 5.73 Å².